The maximum absolute atomic E-state index is 11.9. The van der Waals surface area contributed by atoms with Gasteiger partial charge in [-0.2, -0.15) is 0 Å². The van der Waals surface area contributed by atoms with Crippen LogP contribution >= 0.6 is 0 Å². The monoisotopic (exact) mass is 293 g/mol. The molecule has 1 aliphatic rings. The summed E-state index contributed by atoms with van der Waals surface area (Å²) in [6.07, 6.45) is 1.75. The number of methoxy groups -OCH3 is 1. The third kappa shape index (κ3) is 3.28. The zero-order valence-electron chi connectivity index (χ0n) is 11.5. The van der Waals surface area contributed by atoms with Crippen molar-refractivity contribution in [3.05, 3.63) is 28.3 Å². The minimum atomic E-state index is -0.823. The maximum Gasteiger partial charge on any atom is 0.314 e. The average molecular weight is 293 g/mol. The van der Waals surface area contributed by atoms with Crippen LogP contribution in [-0.2, 0) is 9.59 Å². The van der Waals surface area contributed by atoms with Gasteiger partial charge in [0.05, 0.1) is 17.7 Å². The number of non-ortho nitro benzene ring substituents is 1. The molecule has 0 aliphatic carbocycles. The topological polar surface area (TPSA) is 102 Å². The van der Waals surface area contributed by atoms with Crippen LogP contribution in [0, 0.1) is 10.1 Å². The summed E-state index contributed by atoms with van der Waals surface area (Å²) in [5, 5.41) is 13.1. The summed E-state index contributed by atoms with van der Waals surface area (Å²) in [7, 11) is 1.37. The zero-order chi connectivity index (χ0) is 15.4. The summed E-state index contributed by atoms with van der Waals surface area (Å²) >= 11 is 0. The Morgan fingerprint density at radius 3 is 2.57 bits per heavy atom. The van der Waals surface area contributed by atoms with Gasteiger partial charge in [-0.25, -0.2) is 0 Å². The highest BCUT2D eigenvalue weighted by Crippen LogP contribution is 2.28. The Kier molecular flexibility index (Phi) is 4.36. The molecule has 112 valence electrons. The summed E-state index contributed by atoms with van der Waals surface area (Å²) in [6.45, 7) is 1.11. The number of benzene rings is 1. The number of anilines is 1. The highest BCUT2D eigenvalue weighted by molar-refractivity contribution is 6.39. The van der Waals surface area contributed by atoms with E-state index in [1.807, 2.05) is 0 Å². The van der Waals surface area contributed by atoms with Crippen molar-refractivity contribution >= 4 is 23.2 Å². The second-order valence-electron chi connectivity index (χ2n) is 4.60. The first kappa shape index (κ1) is 14.8. The molecule has 1 aromatic rings. The number of likely N-dealkylation sites (tertiary alicyclic amines) is 1. The number of ether oxygens (including phenoxy) is 1. The van der Waals surface area contributed by atoms with Crippen molar-refractivity contribution in [2.45, 2.75) is 12.8 Å². The first-order valence-corrected chi connectivity index (χ1v) is 6.45. The Hall–Kier alpha value is -2.64. The van der Waals surface area contributed by atoms with Crippen LogP contribution in [0.15, 0.2) is 18.2 Å². The standard InChI is InChI=1S/C13H15N3O5/c1-21-11-5-4-9(16(19)20)8-10(11)14-12(17)13(18)15-6-2-3-7-15/h4-5,8H,2-3,6-7H2,1H3,(H,14,17). The van der Waals surface area contributed by atoms with Gasteiger partial charge in [-0.15, -0.1) is 0 Å². The van der Waals surface area contributed by atoms with Crippen molar-refractivity contribution in [1.29, 1.82) is 0 Å². The number of carbonyl (C=O) groups is 2. The van der Waals surface area contributed by atoms with E-state index in [9.17, 15) is 19.7 Å². The van der Waals surface area contributed by atoms with Crippen LogP contribution in [0.4, 0.5) is 11.4 Å². The summed E-state index contributed by atoms with van der Waals surface area (Å²) in [4.78, 5) is 35.5. The lowest BCUT2D eigenvalue weighted by Gasteiger charge is -2.15. The number of carbonyl (C=O) groups excluding carboxylic acids is 2. The van der Waals surface area contributed by atoms with Gasteiger partial charge in [0.25, 0.3) is 5.69 Å². The summed E-state index contributed by atoms with van der Waals surface area (Å²) < 4.78 is 5.02. The van der Waals surface area contributed by atoms with Crippen LogP contribution in [0.25, 0.3) is 0 Å². The first-order valence-electron chi connectivity index (χ1n) is 6.45. The maximum atomic E-state index is 11.9. The summed E-state index contributed by atoms with van der Waals surface area (Å²) in [5.74, 6) is -1.21. The van der Waals surface area contributed by atoms with Gasteiger partial charge >= 0.3 is 11.8 Å². The molecule has 0 spiro atoms. The molecule has 0 unspecified atom stereocenters. The van der Waals surface area contributed by atoms with Gasteiger partial charge in [0.15, 0.2) is 0 Å². The van der Waals surface area contributed by atoms with E-state index in [4.69, 9.17) is 4.74 Å². The van der Waals surface area contributed by atoms with Crippen molar-refractivity contribution in [2.24, 2.45) is 0 Å². The number of hydrogen-bond acceptors (Lipinski definition) is 5. The second kappa shape index (κ2) is 6.21. The third-order valence-electron chi connectivity index (χ3n) is 3.23. The van der Waals surface area contributed by atoms with Crippen molar-refractivity contribution in [3.63, 3.8) is 0 Å². The predicted octanol–water partition coefficient (Wildman–Crippen LogP) is 1.16. The highest BCUT2D eigenvalue weighted by atomic mass is 16.6. The van der Waals surface area contributed by atoms with Gasteiger partial charge in [0.2, 0.25) is 0 Å². The molecule has 1 aliphatic heterocycles. The number of nitrogens with zero attached hydrogens (tertiary/aromatic N) is 2. The van der Waals surface area contributed by atoms with Crippen molar-refractivity contribution in [1.82, 2.24) is 4.90 Å². The molecule has 2 rings (SSSR count). The smallest absolute Gasteiger partial charge is 0.314 e. The molecular weight excluding hydrogens is 278 g/mol. The zero-order valence-corrected chi connectivity index (χ0v) is 11.5. The Balaban J connectivity index is 2.17. The molecule has 1 aromatic carbocycles. The van der Waals surface area contributed by atoms with Crippen LogP contribution in [0.3, 0.4) is 0 Å². The average Bonchev–Trinajstić information content (AvgIpc) is 3.00. The molecule has 1 N–H and O–H groups in total. The van der Waals surface area contributed by atoms with E-state index in [1.54, 1.807) is 0 Å². The van der Waals surface area contributed by atoms with E-state index in [1.165, 1.54) is 24.1 Å². The third-order valence-corrected chi connectivity index (χ3v) is 3.23. The van der Waals surface area contributed by atoms with Crippen molar-refractivity contribution in [2.75, 3.05) is 25.5 Å². The fourth-order valence-corrected chi connectivity index (χ4v) is 2.15. The van der Waals surface area contributed by atoms with Crippen molar-refractivity contribution in [3.8, 4) is 5.75 Å². The largest absolute Gasteiger partial charge is 0.495 e. The lowest BCUT2D eigenvalue weighted by Crippen LogP contribution is -2.37. The molecule has 2 amide bonds. The fourth-order valence-electron chi connectivity index (χ4n) is 2.15. The molecule has 0 atom stereocenters. The van der Waals surface area contributed by atoms with Crippen LogP contribution < -0.4 is 10.1 Å². The lowest BCUT2D eigenvalue weighted by molar-refractivity contribution is -0.384. The quantitative estimate of drug-likeness (QED) is 0.512. The van der Waals surface area contributed by atoms with E-state index in [0.717, 1.165) is 18.9 Å². The number of nitro benzene ring substituents is 1. The van der Waals surface area contributed by atoms with Gasteiger partial charge in [0.1, 0.15) is 5.75 Å². The van der Waals surface area contributed by atoms with Gasteiger partial charge in [-0.1, -0.05) is 0 Å². The number of amides is 2. The predicted molar refractivity (Wildman–Crippen MR) is 74.1 cm³/mol. The minimum absolute atomic E-state index is 0.101. The Labute approximate surface area is 120 Å². The minimum Gasteiger partial charge on any atom is -0.495 e. The van der Waals surface area contributed by atoms with Crippen LogP contribution in [0.5, 0.6) is 5.75 Å². The Bertz CT molecular complexity index is 581. The molecule has 21 heavy (non-hydrogen) atoms. The number of nitrogens with one attached hydrogen (secondary N) is 1. The van der Waals surface area contributed by atoms with Gasteiger partial charge in [0, 0.05) is 25.2 Å². The summed E-state index contributed by atoms with van der Waals surface area (Å²) in [5.41, 5.74) is -0.0935. The molecular formula is C13H15N3O5. The van der Waals surface area contributed by atoms with Gasteiger partial charge < -0.3 is 15.0 Å². The molecule has 0 saturated carbocycles. The van der Waals surface area contributed by atoms with E-state index >= 15 is 0 Å². The van der Waals surface area contributed by atoms with E-state index < -0.39 is 16.7 Å². The van der Waals surface area contributed by atoms with Gasteiger partial charge in [-0.3, -0.25) is 19.7 Å². The Morgan fingerprint density at radius 2 is 2.00 bits per heavy atom. The number of rotatable bonds is 3. The molecule has 8 nitrogen and oxygen atoms in total. The van der Waals surface area contributed by atoms with Crippen LogP contribution in [0.2, 0.25) is 0 Å². The molecule has 0 radical (unpaired) electrons. The van der Waals surface area contributed by atoms with Gasteiger partial charge in [-0.05, 0) is 18.9 Å². The highest BCUT2D eigenvalue weighted by Gasteiger charge is 2.25. The van der Waals surface area contributed by atoms with E-state index in [2.05, 4.69) is 5.32 Å². The first-order chi connectivity index (χ1) is 10.0. The fraction of sp³-hybridized carbons (Fsp3) is 0.385. The van der Waals surface area contributed by atoms with Crippen molar-refractivity contribution < 1.29 is 19.2 Å². The molecule has 0 bridgehead atoms. The molecule has 1 fully saturated rings. The summed E-state index contributed by atoms with van der Waals surface area (Å²) in [6, 6.07) is 3.79. The molecule has 1 saturated heterocycles. The number of nitro groups is 1. The molecule has 0 aromatic heterocycles. The second-order valence-corrected chi connectivity index (χ2v) is 4.60. The normalized spacial score (nSPS) is 13.9. The van der Waals surface area contributed by atoms with Crippen LogP contribution in [-0.4, -0.2) is 41.8 Å². The lowest BCUT2D eigenvalue weighted by atomic mass is 10.2. The van der Waals surface area contributed by atoms with E-state index in [0.29, 0.717) is 13.1 Å². The van der Waals surface area contributed by atoms with E-state index in [-0.39, 0.29) is 17.1 Å². The SMILES string of the molecule is COc1ccc([N+](=O)[O-])cc1NC(=O)C(=O)N1CCCC1. The Morgan fingerprint density at radius 1 is 1.33 bits per heavy atom. The molecule has 1 heterocycles. The molecule has 8 heteroatoms. The number of hydrogen-bond donors (Lipinski definition) is 1. The van der Waals surface area contributed by atoms with Crippen LogP contribution in [0.1, 0.15) is 12.8 Å².